The molecule has 0 unspecified atom stereocenters. The Morgan fingerprint density at radius 3 is 1.88 bits per heavy atom. The number of nitrogen functional groups attached to an aromatic ring is 1. The summed E-state index contributed by atoms with van der Waals surface area (Å²) in [4.78, 5) is 28.1. The molecule has 0 bridgehead atoms. The Labute approximate surface area is 176 Å². The molecule has 2 aromatic rings. The minimum Gasteiger partial charge on any atom is -0.384 e. The summed E-state index contributed by atoms with van der Waals surface area (Å²) in [5.74, 6) is 0.618. The fourth-order valence-electron chi connectivity index (χ4n) is 1.08. The predicted octanol–water partition coefficient (Wildman–Crippen LogP) is 4.44. The highest BCUT2D eigenvalue weighted by Crippen LogP contribution is 2.09. The number of pyridine rings is 2. The molecule has 0 aromatic carbocycles. The fourth-order valence-corrected chi connectivity index (χ4v) is 1.85. The van der Waals surface area contributed by atoms with Gasteiger partial charge in [0.25, 0.3) is 0 Å². The van der Waals surface area contributed by atoms with Gasteiger partial charge in [0.1, 0.15) is 26.7 Å². The second-order valence-electron chi connectivity index (χ2n) is 3.90. The summed E-state index contributed by atoms with van der Waals surface area (Å²) in [5, 5.41) is 2.01. The molecule has 0 aliphatic carbocycles. The average Bonchev–Trinajstić information content (AvgIpc) is 2.55. The van der Waals surface area contributed by atoms with Gasteiger partial charge in [-0.15, -0.1) is 23.2 Å². The van der Waals surface area contributed by atoms with Crippen molar-refractivity contribution in [1.29, 1.82) is 0 Å². The molecular formula is C14H13Br2Cl3N4O2. The van der Waals surface area contributed by atoms with Gasteiger partial charge in [-0.05, 0) is 67.7 Å². The molecule has 0 saturated carbocycles. The van der Waals surface area contributed by atoms with Crippen molar-refractivity contribution in [2.45, 2.75) is 0 Å². The van der Waals surface area contributed by atoms with Gasteiger partial charge in [-0.25, -0.2) is 9.97 Å². The Bertz CT molecular complexity index is 675. The molecule has 0 radical (unpaired) electrons. The molecule has 0 atom stereocenters. The first kappa shape index (κ1) is 24.1. The van der Waals surface area contributed by atoms with E-state index in [9.17, 15) is 9.59 Å². The maximum Gasteiger partial charge on any atom is 0.240 e. The zero-order valence-electron chi connectivity index (χ0n) is 12.6. The number of aromatic nitrogens is 2. The average molecular weight is 535 g/mol. The lowest BCUT2D eigenvalue weighted by atomic mass is 10.4. The smallest absolute Gasteiger partial charge is 0.240 e. The summed E-state index contributed by atoms with van der Waals surface area (Å²) < 4.78 is 1.45. The second-order valence-corrected chi connectivity index (χ2v) is 6.48. The highest BCUT2D eigenvalue weighted by atomic mass is 79.9. The van der Waals surface area contributed by atoms with Gasteiger partial charge in [0.05, 0.1) is 5.88 Å². The van der Waals surface area contributed by atoms with E-state index in [2.05, 4.69) is 47.1 Å². The molecule has 0 spiro atoms. The lowest BCUT2D eigenvalue weighted by Crippen LogP contribution is -2.13. The van der Waals surface area contributed by atoms with Crippen LogP contribution in [0.4, 0.5) is 11.6 Å². The summed E-state index contributed by atoms with van der Waals surface area (Å²) in [5.41, 5.74) is 5.32. The van der Waals surface area contributed by atoms with Crippen LogP contribution in [0.25, 0.3) is 0 Å². The minimum absolute atomic E-state index is 0.0613. The third-order valence-electron chi connectivity index (χ3n) is 1.95. The summed E-state index contributed by atoms with van der Waals surface area (Å²) in [6.45, 7) is 0. The van der Waals surface area contributed by atoms with Crippen molar-refractivity contribution in [2.75, 3.05) is 22.8 Å². The molecule has 2 rings (SSSR count). The van der Waals surface area contributed by atoms with Crippen molar-refractivity contribution >= 4 is 89.4 Å². The maximum atomic E-state index is 10.8. The van der Waals surface area contributed by atoms with E-state index in [4.69, 9.17) is 40.5 Å². The highest BCUT2D eigenvalue weighted by Gasteiger charge is 2.00. The van der Waals surface area contributed by atoms with Gasteiger partial charge in [-0.3, -0.25) is 9.59 Å². The molecule has 0 fully saturated rings. The maximum absolute atomic E-state index is 10.8. The molecule has 6 nitrogen and oxygen atoms in total. The van der Waals surface area contributed by atoms with E-state index in [1.165, 1.54) is 0 Å². The van der Waals surface area contributed by atoms with Crippen LogP contribution in [0, 0.1) is 0 Å². The number of carbonyl (C=O) groups is 2. The fraction of sp³-hybridized carbons (Fsp3) is 0.143. The number of carbonyl (C=O) groups excluding carboxylic acids is 2. The molecule has 3 N–H and O–H groups in total. The Morgan fingerprint density at radius 2 is 1.52 bits per heavy atom. The third kappa shape index (κ3) is 14.0. The minimum atomic E-state index is -0.508. The van der Waals surface area contributed by atoms with E-state index in [-0.39, 0.29) is 17.7 Å². The topological polar surface area (TPSA) is 98.0 Å². The van der Waals surface area contributed by atoms with Crippen molar-refractivity contribution in [1.82, 2.24) is 9.97 Å². The first-order valence-corrected chi connectivity index (χ1v) is 9.42. The number of amides is 1. The standard InChI is InChI=1S/C7H6BrClN2O.C5H5BrN2.C2H2Cl2O/c8-5-2-1-3-6(10-5)11-7(12)4-9;6-4-2-1-3-5(7)8-4;3-1-2(4)5/h1-3H,4H2,(H,10,11,12);1-3H,(H2,7,8);1H2. The number of nitrogens with one attached hydrogen (secondary N) is 1. The Morgan fingerprint density at radius 1 is 1.00 bits per heavy atom. The molecular weight excluding hydrogens is 522 g/mol. The van der Waals surface area contributed by atoms with Gasteiger partial charge in [-0.2, -0.15) is 0 Å². The molecule has 0 aliphatic heterocycles. The van der Waals surface area contributed by atoms with Crippen LogP contribution in [-0.2, 0) is 9.59 Å². The van der Waals surface area contributed by atoms with Gasteiger partial charge in [-0.1, -0.05) is 12.1 Å². The summed E-state index contributed by atoms with van der Waals surface area (Å²) in [6, 6.07) is 10.7. The molecule has 2 heterocycles. The molecule has 136 valence electrons. The number of hydrogen-bond acceptors (Lipinski definition) is 5. The van der Waals surface area contributed by atoms with Crippen LogP contribution >= 0.6 is 66.7 Å². The third-order valence-corrected chi connectivity index (χ3v) is 3.58. The largest absolute Gasteiger partial charge is 0.384 e. The van der Waals surface area contributed by atoms with Gasteiger partial charge in [0.15, 0.2) is 0 Å². The van der Waals surface area contributed by atoms with Crippen LogP contribution < -0.4 is 11.1 Å². The van der Waals surface area contributed by atoms with Gasteiger partial charge in [0.2, 0.25) is 11.1 Å². The first-order valence-electron chi connectivity index (χ1n) is 6.39. The van der Waals surface area contributed by atoms with Crippen molar-refractivity contribution in [3.05, 3.63) is 45.6 Å². The number of rotatable bonds is 3. The van der Waals surface area contributed by atoms with Gasteiger partial charge >= 0.3 is 0 Å². The number of alkyl halides is 2. The summed E-state index contributed by atoms with van der Waals surface area (Å²) in [6.07, 6.45) is 0. The van der Waals surface area contributed by atoms with Gasteiger partial charge < -0.3 is 11.1 Å². The van der Waals surface area contributed by atoms with E-state index in [0.717, 1.165) is 4.60 Å². The number of nitrogens with two attached hydrogens (primary N) is 1. The van der Waals surface area contributed by atoms with E-state index in [1.807, 2.05) is 12.1 Å². The summed E-state index contributed by atoms with van der Waals surface area (Å²) in [7, 11) is 0. The van der Waals surface area contributed by atoms with Crippen LogP contribution in [-0.4, -0.2) is 32.9 Å². The second kappa shape index (κ2) is 14.3. The van der Waals surface area contributed by atoms with Crippen LogP contribution in [0.2, 0.25) is 0 Å². The van der Waals surface area contributed by atoms with Crippen molar-refractivity contribution in [2.24, 2.45) is 0 Å². The number of hydrogen-bond donors (Lipinski definition) is 2. The normalized spacial score (nSPS) is 9.00. The highest BCUT2D eigenvalue weighted by molar-refractivity contribution is 9.10. The first-order chi connectivity index (χ1) is 11.8. The molecule has 11 heteroatoms. The van der Waals surface area contributed by atoms with E-state index in [0.29, 0.717) is 16.2 Å². The van der Waals surface area contributed by atoms with Crippen molar-refractivity contribution < 1.29 is 9.59 Å². The molecule has 0 aliphatic rings. The van der Waals surface area contributed by atoms with Crippen LogP contribution in [0.3, 0.4) is 0 Å². The Kier molecular flexibility index (Phi) is 13.7. The number of halogens is 5. The quantitative estimate of drug-likeness (QED) is 0.344. The Balaban J connectivity index is 0.000000382. The summed E-state index contributed by atoms with van der Waals surface area (Å²) >= 11 is 21.2. The SMILES string of the molecule is Nc1cccc(Br)n1.O=C(CCl)Nc1cccc(Br)n1.O=C(Cl)CCl. The lowest BCUT2D eigenvalue weighted by molar-refractivity contribution is -0.114. The van der Waals surface area contributed by atoms with Crippen LogP contribution in [0.15, 0.2) is 45.6 Å². The number of nitrogens with zero attached hydrogens (tertiary/aromatic N) is 2. The zero-order chi connectivity index (χ0) is 19.2. The van der Waals surface area contributed by atoms with E-state index in [1.54, 1.807) is 24.3 Å². The van der Waals surface area contributed by atoms with Crippen molar-refractivity contribution in [3.8, 4) is 0 Å². The molecule has 2 aromatic heterocycles. The monoisotopic (exact) mass is 532 g/mol. The van der Waals surface area contributed by atoms with Crippen LogP contribution in [0.5, 0.6) is 0 Å². The lowest BCUT2D eigenvalue weighted by Gasteiger charge is -2.00. The number of anilines is 2. The van der Waals surface area contributed by atoms with Gasteiger partial charge in [0, 0.05) is 0 Å². The predicted molar refractivity (Wildman–Crippen MR) is 109 cm³/mol. The molecule has 25 heavy (non-hydrogen) atoms. The van der Waals surface area contributed by atoms with Crippen molar-refractivity contribution in [3.63, 3.8) is 0 Å². The van der Waals surface area contributed by atoms with Crippen LogP contribution in [0.1, 0.15) is 0 Å². The van der Waals surface area contributed by atoms with E-state index >= 15 is 0 Å². The molecule has 0 saturated heterocycles. The Hall–Kier alpha value is -0.930. The van der Waals surface area contributed by atoms with E-state index < -0.39 is 5.24 Å². The zero-order valence-corrected chi connectivity index (χ0v) is 18.0. The molecule has 1 amide bonds.